The summed E-state index contributed by atoms with van der Waals surface area (Å²) in [5, 5.41) is 0. The number of nitrogen functional groups attached to an aromatic ring is 1. The van der Waals surface area contributed by atoms with E-state index >= 15 is 0 Å². The summed E-state index contributed by atoms with van der Waals surface area (Å²) in [5.41, 5.74) is 8.51. The molecule has 0 saturated heterocycles. The molecule has 0 fully saturated rings. The molecule has 0 aliphatic carbocycles. The van der Waals surface area contributed by atoms with Gasteiger partial charge in [-0.3, -0.25) is 9.36 Å². The molecule has 0 radical (unpaired) electrons. The third kappa shape index (κ3) is 1.87. The largest absolute Gasteiger partial charge is 0.369 e. The van der Waals surface area contributed by atoms with E-state index in [0.717, 1.165) is 11.1 Å². The van der Waals surface area contributed by atoms with Gasteiger partial charge >= 0.3 is 0 Å². The number of benzene rings is 1. The van der Waals surface area contributed by atoms with Crippen LogP contribution in [0, 0.1) is 6.92 Å². The molecule has 2 heterocycles. The Morgan fingerprint density at radius 3 is 2.95 bits per heavy atom. The molecule has 3 N–H and O–H groups in total. The van der Waals surface area contributed by atoms with Crippen LogP contribution in [0.15, 0.2) is 35.4 Å². The van der Waals surface area contributed by atoms with E-state index in [1.807, 2.05) is 31.2 Å². The van der Waals surface area contributed by atoms with Crippen LogP contribution in [0.4, 0.5) is 5.95 Å². The molecule has 0 unspecified atom stereocenters. The third-order valence-electron chi connectivity index (χ3n) is 3.17. The van der Waals surface area contributed by atoms with E-state index in [2.05, 4.69) is 15.0 Å². The van der Waals surface area contributed by atoms with Gasteiger partial charge in [0.05, 0.1) is 12.9 Å². The van der Waals surface area contributed by atoms with Crippen LogP contribution in [0.3, 0.4) is 0 Å². The molecular formula is C13H13N5O. The van der Waals surface area contributed by atoms with Gasteiger partial charge in [-0.25, -0.2) is 4.98 Å². The molecule has 3 aromatic rings. The lowest BCUT2D eigenvalue weighted by atomic mass is 10.1. The highest BCUT2D eigenvalue weighted by molar-refractivity contribution is 5.69. The van der Waals surface area contributed by atoms with Gasteiger partial charge in [0.15, 0.2) is 11.2 Å². The smallest absolute Gasteiger partial charge is 0.281 e. The van der Waals surface area contributed by atoms with Crippen molar-refractivity contribution in [1.29, 1.82) is 0 Å². The molecule has 0 atom stereocenters. The molecule has 6 heteroatoms. The number of hydrogen-bond donors (Lipinski definition) is 2. The minimum atomic E-state index is -0.205. The van der Waals surface area contributed by atoms with Crippen LogP contribution in [-0.2, 0) is 6.54 Å². The maximum Gasteiger partial charge on any atom is 0.281 e. The summed E-state index contributed by atoms with van der Waals surface area (Å²) in [6.45, 7) is 2.40. The molecule has 0 aliphatic heterocycles. The van der Waals surface area contributed by atoms with Gasteiger partial charge in [0.2, 0.25) is 5.95 Å². The number of nitrogens with one attached hydrogen (secondary N) is 1. The number of rotatable bonds is 2. The van der Waals surface area contributed by atoms with Crippen molar-refractivity contribution < 1.29 is 0 Å². The number of aromatic nitrogens is 4. The van der Waals surface area contributed by atoms with Crippen LogP contribution < -0.4 is 11.3 Å². The van der Waals surface area contributed by atoms with E-state index in [0.29, 0.717) is 17.7 Å². The maximum atomic E-state index is 12.3. The number of aryl methyl sites for hydroxylation is 1. The molecular weight excluding hydrogens is 242 g/mol. The van der Waals surface area contributed by atoms with Crippen molar-refractivity contribution in [1.82, 2.24) is 19.5 Å². The number of hydrogen-bond acceptors (Lipinski definition) is 4. The third-order valence-corrected chi connectivity index (χ3v) is 3.17. The van der Waals surface area contributed by atoms with Crippen molar-refractivity contribution in [3.8, 4) is 0 Å². The molecule has 2 aromatic heterocycles. The Morgan fingerprint density at radius 2 is 2.16 bits per heavy atom. The molecule has 6 nitrogen and oxygen atoms in total. The summed E-state index contributed by atoms with van der Waals surface area (Å²) < 4.78 is 1.45. The number of aromatic amines is 1. The summed E-state index contributed by atoms with van der Waals surface area (Å²) >= 11 is 0. The second-order valence-corrected chi connectivity index (χ2v) is 4.39. The molecule has 0 saturated carbocycles. The van der Waals surface area contributed by atoms with E-state index in [9.17, 15) is 4.79 Å². The summed E-state index contributed by atoms with van der Waals surface area (Å²) in [4.78, 5) is 23.2. The fraction of sp³-hybridized carbons (Fsp3) is 0.154. The van der Waals surface area contributed by atoms with Crippen LogP contribution in [0.2, 0.25) is 0 Å². The number of imidazole rings is 1. The standard InChI is InChI=1S/C13H13N5O/c1-8-4-2-3-5-9(8)6-18-12(19)10-11(16-7-15-10)17-13(18)14/h2-5,7H,6H2,1H3,(H2,14,17)(H,15,16). The normalized spacial score (nSPS) is 11.0. The Hall–Kier alpha value is -2.63. The SMILES string of the molecule is Cc1ccccc1Cn1c(N)nc2nc[nH]c2c1=O. The molecule has 0 amide bonds. The van der Waals surface area contributed by atoms with Crippen molar-refractivity contribution in [3.05, 3.63) is 52.1 Å². The highest BCUT2D eigenvalue weighted by Crippen LogP contribution is 2.11. The minimum absolute atomic E-state index is 0.174. The average molecular weight is 255 g/mol. The molecule has 3 rings (SSSR count). The van der Waals surface area contributed by atoms with Gasteiger partial charge in [-0.05, 0) is 18.1 Å². The van der Waals surface area contributed by atoms with Gasteiger partial charge in [0.25, 0.3) is 5.56 Å². The zero-order valence-electron chi connectivity index (χ0n) is 10.4. The predicted molar refractivity (Wildman–Crippen MR) is 72.8 cm³/mol. The Labute approximate surface area is 108 Å². The lowest BCUT2D eigenvalue weighted by Crippen LogP contribution is -2.25. The predicted octanol–water partition coefficient (Wildman–Crippen LogP) is 1.06. The minimum Gasteiger partial charge on any atom is -0.369 e. The first-order chi connectivity index (χ1) is 9.16. The fourth-order valence-electron chi connectivity index (χ4n) is 2.05. The van der Waals surface area contributed by atoms with E-state index < -0.39 is 0 Å². The Bertz CT molecular complexity index is 802. The van der Waals surface area contributed by atoms with E-state index in [-0.39, 0.29) is 11.5 Å². The van der Waals surface area contributed by atoms with Crippen LogP contribution in [0.1, 0.15) is 11.1 Å². The Morgan fingerprint density at radius 1 is 1.37 bits per heavy atom. The zero-order chi connectivity index (χ0) is 13.4. The lowest BCUT2D eigenvalue weighted by Gasteiger charge is -2.10. The van der Waals surface area contributed by atoms with Gasteiger partial charge in [-0.15, -0.1) is 0 Å². The highest BCUT2D eigenvalue weighted by atomic mass is 16.1. The summed E-state index contributed by atoms with van der Waals surface area (Å²) in [6.07, 6.45) is 1.44. The first-order valence-electron chi connectivity index (χ1n) is 5.90. The van der Waals surface area contributed by atoms with Gasteiger partial charge in [0.1, 0.15) is 0 Å². The van der Waals surface area contributed by atoms with Crippen molar-refractivity contribution in [2.45, 2.75) is 13.5 Å². The van der Waals surface area contributed by atoms with E-state index in [1.165, 1.54) is 10.9 Å². The first kappa shape index (κ1) is 11.5. The zero-order valence-corrected chi connectivity index (χ0v) is 10.4. The van der Waals surface area contributed by atoms with Crippen LogP contribution in [0.5, 0.6) is 0 Å². The topological polar surface area (TPSA) is 89.6 Å². The second kappa shape index (κ2) is 4.24. The first-order valence-corrected chi connectivity index (χ1v) is 5.90. The van der Waals surface area contributed by atoms with E-state index in [1.54, 1.807) is 0 Å². The van der Waals surface area contributed by atoms with Crippen molar-refractivity contribution in [2.75, 3.05) is 5.73 Å². The summed E-state index contributed by atoms with van der Waals surface area (Å²) in [6, 6.07) is 7.87. The number of anilines is 1. The molecule has 96 valence electrons. The van der Waals surface area contributed by atoms with Crippen molar-refractivity contribution >= 4 is 17.1 Å². The molecule has 19 heavy (non-hydrogen) atoms. The number of nitrogens with two attached hydrogens (primary N) is 1. The van der Waals surface area contributed by atoms with Gasteiger partial charge in [-0.2, -0.15) is 4.98 Å². The number of fused-ring (bicyclic) bond motifs is 1. The van der Waals surface area contributed by atoms with Crippen LogP contribution in [-0.4, -0.2) is 19.5 Å². The van der Waals surface area contributed by atoms with Crippen molar-refractivity contribution in [3.63, 3.8) is 0 Å². The van der Waals surface area contributed by atoms with Crippen molar-refractivity contribution in [2.24, 2.45) is 0 Å². The molecule has 1 aromatic carbocycles. The Kier molecular flexibility index (Phi) is 2.56. The second-order valence-electron chi connectivity index (χ2n) is 4.39. The van der Waals surface area contributed by atoms with Crippen LogP contribution >= 0.6 is 0 Å². The number of H-pyrrole nitrogens is 1. The summed E-state index contributed by atoms with van der Waals surface area (Å²) in [7, 11) is 0. The lowest BCUT2D eigenvalue weighted by molar-refractivity contribution is 0.757. The van der Waals surface area contributed by atoms with Gasteiger partial charge < -0.3 is 10.7 Å². The van der Waals surface area contributed by atoms with Gasteiger partial charge in [-0.1, -0.05) is 24.3 Å². The molecule has 0 aliphatic rings. The Balaban J connectivity index is 2.15. The quantitative estimate of drug-likeness (QED) is 0.716. The van der Waals surface area contributed by atoms with E-state index in [4.69, 9.17) is 5.73 Å². The maximum absolute atomic E-state index is 12.3. The van der Waals surface area contributed by atoms with Gasteiger partial charge in [0, 0.05) is 0 Å². The average Bonchev–Trinajstić information content (AvgIpc) is 2.84. The monoisotopic (exact) mass is 255 g/mol. The molecule has 0 bridgehead atoms. The summed E-state index contributed by atoms with van der Waals surface area (Å²) in [5.74, 6) is 0.174. The highest BCUT2D eigenvalue weighted by Gasteiger charge is 2.11. The fourth-order valence-corrected chi connectivity index (χ4v) is 2.05. The van der Waals surface area contributed by atoms with Crippen LogP contribution in [0.25, 0.3) is 11.2 Å². The number of nitrogens with zero attached hydrogens (tertiary/aromatic N) is 3. The molecule has 0 spiro atoms.